The number of nitrogen functional groups attached to an aromatic ring is 1. The first-order valence-corrected chi connectivity index (χ1v) is 3.59. The van der Waals surface area contributed by atoms with E-state index in [-0.39, 0.29) is 5.82 Å². The molecule has 0 aliphatic rings. The molecule has 2 N–H and O–H groups in total. The predicted molar refractivity (Wildman–Crippen MR) is 44.7 cm³/mol. The van der Waals surface area contributed by atoms with Gasteiger partial charge < -0.3 is 5.73 Å². The third kappa shape index (κ3) is 2.98. The van der Waals surface area contributed by atoms with Crippen LogP contribution in [-0.2, 0) is 0 Å². The Kier molecular flexibility index (Phi) is 4.18. The molecule has 1 aromatic rings. The van der Waals surface area contributed by atoms with E-state index >= 15 is 0 Å². The summed E-state index contributed by atoms with van der Waals surface area (Å²) in [6.07, 6.45) is 0. The first-order valence-electron chi connectivity index (χ1n) is 3.59. The molecule has 0 saturated carbocycles. The summed E-state index contributed by atoms with van der Waals surface area (Å²) in [5.41, 5.74) is 5.59. The Morgan fingerprint density at radius 1 is 1.36 bits per heavy atom. The number of aryl methyl sites for hydroxylation is 1. The van der Waals surface area contributed by atoms with Gasteiger partial charge in [0.2, 0.25) is 0 Å². The first-order chi connectivity index (χ1) is 5.20. The number of halogens is 1. The highest BCUT2D eigenvalue weighted by Gasteiger charge is 1.95. The highest BCUT2D eigenvalue weighted by molar-refractivity contribution is 5.28. The minimum atomic E-state index is -0.316. The van der Waals surface area contributed by atoms with Crippen molar-refractivity contribution in [3.63, 3.8) is 0 Å². The third-order valence-corrected chi connectivity index (χ3v) is 1.04. The van der Waals surface area contributed by atoms with Crippen LogP contribution in [0, 0.1) is 12.7 Å². The van der Waals surface area contributed by atoms with Crippen molar-refractivity contribution in [2.75, 3.05) is 5.73 Å². The van der Waals surface area contributed by atoms with E-state index in [9.17, 15) is 4.39 Å². The Hall–Kier alpha value is -1.12. The van der Waals surface area contributed by atoms with E-state index in [2.05, 4.69) is 4.98 Å². The van der Waals surface area contributed by atoms with E-state index in [0.717, 1.165) is 0 Å². The Bertz CT molecular complexity index is 223. The Balaban J connectivity index is 0.000000461. The summed E-state index contributed by atoms with van der Waals surface area (Å²) in [5.74, 6) is 0.0399. The van der Waals surface area contributed by atoms with Crippen LogP contribution in [0.3, 0.4) is 0 Å². The number of anilines is 1. The molecular formula is C8H13FN2. The van der Waals surface area contributed by atoms with Gasteiger partial charge in [-0.3, -0.25) is 0 Å². The Morgan fingerprint density at radius 2 is 1.91 bits per heavy atom. The summed E-state index contributed by atoms with van der Waals surface area (Å²) in [7, 11) is 0. The molecule has 0 atom stereocenters. The molecule has 0 radical (unpaired) electrons. The summed E-state index contributed by atoms with van der Waals surface area (Å²) in [6, 6.07) is 2.74. The molecule has 0 aliphatic heterocycles. The van der Waals surface area contributed by atoms with E-state index in [0.29, 0.717) is 11.5 Å². The predicted octanol–water partition coefficient (Wildman–Crippen LogP) is 2.14. The molecule has 0 fully saturated rings. The van der Waals surface area contributed by atoms with Crippen molar-refractivity contribution < 1.29 is 4.39 Å². The van der Waals surface area contributed by atoms with E-state index in [1.165, 1.54) is 12.1 Å². The van der Waals surface area contributed by atoms with Gasteiger partial charge in [-0.05, 0) is 19.1 Å². The summed E-state index contributed by atoms with van der Waals surface area (Å²) >= 11 is 0. The van der Waals surface area contributed by atoms with Crippen LogP contribution in [0.25, 0.3) is 0 Å². The quantitative estimate of drug-likeness (QED) is 0.625. The number of rotatable bonds is 0. The second kappa shape index (κ2) is 4.66. The zero-order valence-electron chi connectivity index (χ0n) is 7.06. The normalized spacial score (nSPS) is 8.36. The lowest BCUT2D eigenvalue weighted by Gasteiger charge is -1.94. The van der Waals surface area contributed by atoms with Gasteiger partial charge in [-0.15, -0.1) is 0 Å². The standard InChI is InChI=1S/C6H7FN2.C2H6/c1-4-5(7)2-3-6(8)9-4;1-2/h2-3H,1H3,(H2,8,9);1-2H3. The lowest BCUT2D eigenvalue weighted by Crippen LogP contribution is -1.93. The lowest BCUT2D eigenvalue weighted by atomic mass is 10.3. The molecule has 2 nitrogen and oxygen atoms in total. The van der Waals surface area contributed by atoms with E-state index < -0.39 is 0 Å². The van der Waals surface area contributed by atoms with Crippen molar-refractivity contribution in [3.05, 3.63) is 23.6 Å². The minimum absolute atomic E-state index is 0.316. The van der Waals surface area contributed by atoms with Crippen molar-refractivity contribution >= 4 is 5.82 Å². The van der Waals surface area contributed by atoms with E-state index in [1.807, 2.05) is 13.8 Å². The lowest BCUT2D eigenvalue weighted by molar-refractivity contribution is 0.610. The van der Waals surface area contributed by atoms with Gasteiger partial charge in [-0.25, -0.2) is 9.37 Å². The molecular weight excluding hydrogens is 143 g/mol. The van der Waals surface area contributed by atoms with Crippen LogP contribution in [0.1, 0.15) is 19.5 Å². The van der Waals surface area contributed by atoms with Crippen LogP contribution in [0.15, 0.2) is 12.1 Å². The fourth-order valence-electron chi connectivity index (χ4n) is 0.563. The summed E-state index contributed by atoms with van der Waals surface area (Å²) in [6.45, 7) is 5.58. The van der Waals surface area contributed by atoms with Crippen molar-refractivity contribution in [2.24, 2.45) is 0 Å². The van der Waals surface area contributed by atoms with Gasteiger partial charge in [-0.1, -0.05) is 13.8 Å². The maximum atomic E-state index is 12.4. The maximum Gasteiger partial charge on any atom is 0.144 e. The Labute approximate surface area is 66.3 Å². The van der Waals surface area contributed by atoms with Crippen molar-refractivity contribution in [1.29, 1.82) is 0 Å². The van der Waals surface area contributed by atoms with Gasteiger partial charge in [0.1, 0.15) is 11.6 Å². The average molecular weight is 156 g/mol. The largest absolute Gasteiger partial charge is 0.384 e. The molecule has 0 bridgehead atoms. The molecule has 1 heterocycles. The highest BCUT2D eigenvalue weighted by atomic mass is 19.1. The fraction of sp³-hybridized carbons (Fsp3) is 0.375. The second-order valence-electron chi connectivity index (χ2n) is 1.80. The van der Waals surface area contributed by atoms with Crippen LogP contribution in [0.4, 0.5) is 10.2 Å². The molecule has 62 valence electrons. The topological polar surface area (TPSA) is 38.9 Å². The van der Waals surface area contributed by atoms with Gasteiger partial charge in [-0.2, -0.15) is 0 Å². The van der Waals surface area contributed by atoms with Crippen molar-refractivity contribution in [3.8, 4) is 0 Å². The summed E-state index contributed by atoms with van der Waals surface area (Å²) < 4.78 is 12.4. The number of hydrogen-bond acceptors (Lipinski definition) is 2. The fourth-order valence-corrected chi connectivity index (χ4v) is 0.563. The Morgan fingerprint density at radius 3 is 2.27 bits per heavy atom. The van der Waals surface area contributed by atoms with Crippen LogP contribution in [0.2, 0.25) is 0 Å². The van der Waals surface area contributed by atoms with E-state index in [4.69, 9.17) is 5.73 Å². The SMILES string of the molecule is CC.Cc1nc(N)ccc1F. The van der Waals surface area contributed by atoms with Gasteiger partial charge in [0.25, 0.3) is 0 Å². The minimum Gasteiger partial charge on any atom is -0.384 e. The highest BCUT2D eigenvalue weighted by Crippen LogP contribution is 2.04. The molecule has 0 aromatic carbocycles. The van der Waals surface area contributed by atoms with Gasteiger partial charge in [0.05, 0.1) is 5.69 Å². The number of aromatic nitrogens is 1. The number of pyridine rings is 1. The maximum absolute atomic E-state index is 12.4. The number of nitrogens with two attached hydrogens (primary N) is 1. The number of hydrogen-bond donors (Lipinski definition) is 1. The third-order valence-electron chi connectivity index (χ3n) is 1.04. The van der Waals surface area contributed by atoms with Crippen molar-refractivity contribution in [1.82, 2.24) is 4.98 Å². The molecule has 1 rings (SSSR count). The second-order valence-corrected chi connectivity index (χ2v) is 1.80. The van der Waals surface area contributed by atoms with Crippen LogP contribution in [0.5, 0.6) is 0 Å². The van der Waals surface area contributed by atoms with E-state index in [1.54, 1.807) is 6.92 Å². The zero-order valence-corrected chi connectivity index (χ0v) is 7.06. The molecule has 0 spiro atoms. The van der Waals surface area contributed by atoms with Gasteiger partial charge in [0.15, 0.2) is 0 Å². The molecule has 0 amide bonds. The molecule has 0 unspecified atom stereocenters. The summed E-state index contributed by atoms with van der Waals surface area (Å²) in [5, 5.41) is 0. The van der Waals surface area contributed by atoms with Gasteiger partial charge >= 0.3 is 0 Å². The number of nitrogens with zero attached hydrogens (tertiary/aromatic N) is 1. The molecule has 0 saturated heterocycles. The van der Waals surface area contributed by atoms with Crippen LogP contribution < -0.4 is 5.73 Å². The van der Waals surface area contributed by atoms with Gasteiger partial charge in [0, 0.05) is 0 Å². The monoisotopic (exact) mass is 156 g/mol. The average Bonchev–Trinajstić information content (AvgIpc) is 2.02. The molecule has 11 heavy (non-hydrogen) atoms. The zero-order chi connectivity index (χ0) is 8.85. The van der Waals surface area contributed by atoms with Crippen LogP contribution >= 0.6 is 0 Å². The first kappa shape index (κ1) is 9.88. The van der Waals surface area contributed by atoms with Crippen molar-refractivity contribution in [2.45, 2.75) is 20.8 Å². The molecule has 0 aliphatic carbocycles. The van der Waals surface area contributed by atoms with Crippen LogP contribution in [-0.4, -0.2) is 4.98 Å². The molecule has 1 aromatic heterocycles. The smallest absolute Gasteiger partial charge is 0.144 e. The molecule has 3 heteroatoms. The summed E-state index contributed by atoms with van der Waals surface area (Å²) in [4.78, 5) is 3.68.